The van der Waals surface area contributed by atoms with Gasteiger partial charge in [-0.25, -0.2) is 4.79 Å². The van der Waals surface area contributed by atoms with E-state index in [-0.39, 0.29) is 5.56 Å². The van der Waals surface area contributed by atoms with Crippen molar-refractivity contribution in [2.75, 3.05) is 13.2 Å². The number of aliphatic hydroxyl groups is 3. The number of nitrogens with zero attached hydrogens (tertiary/aromatic N) is 1. The van der Waals surface area contributed by atoms with Gasteiger partial charge in [0.1, 0.15) is 6.10 Å². The van der Waals surface area contributed by atoms with Crippen molar-refractivity contribution in [2.45, 2.75) is 18.4 Å². The van der Waals surface area contributed by atoms with Gasteiger partial charge in [0.25, 0.3) is 5.56 Å². The van der Waals surface area contributed by atoms with Gasteiger partial charge >= 0.3 is 5.69 Å². The second-order valence-electron chi connectivity index (χ2n) is 4.63. The van der Waals surface area contributed by atoms with Crippen LogP contribution in [-0.2, 0) is 4.74 Å². The zero-order valence-electron chi connectivity index (χ0n) is 10.8. The molecule has 0 aromatic carbocycles. The van der Waals surface area contributed by atoms with Gasteiger partial charge in [0.05, 0.1) is 24.9 Å². The van der Waals surface area contributed by atoms with Crippen LogP contribution in [0.2, 0.25) is 0 Å². The largest absolute Gasteiger partial charge is 0.396 e. The molecule has 9 heteroatoms. The fourth-order valence-corrected chi connectivity index (χ4v) is 2.59. The third-order valence-electron chi connectivity index (χ3n) is 3.43. The van der Waals surface area contributed by atoms with Crippen LogP contribution in [0.5, 0.6) is 0 Å². The monoisotopic (exact) mass is 362 g/mol. The quantitative estimate of drug-likeness (QED) is 0.531. The van der Waals surface area contributed by atoms with Crippen LogP contribution in [0.1, 0.15) is 11.8 Å². The van der Waals surface area contributed by atoms with Crippen molar-refractivity contribution >= 4 is 22.0 Å². The molecule has 0 amide bonds. The number of hydrogen-bond acceptors (Lipinski definition) is 6. The lowest BCUT2D eigenvalue weighted by Crippen LogP contribution is -2.37. The van der Waals surface area contributed by atoms with E-state index >= 15 is 0 Å². The SMILES string of the molecule is O=c1[nH]c(=O)n([C@@H]2O[C@H](CO)[C@@H](CO)[C@@H]2O)cc1C=CBr. The average Bonchev–Trinajstić information content (AvgIpc) is 2.78. The highest BCUT2D eigenvalue weighted by atomic mass is 79.9. The Morgan fingerprint density at radius 2 is 2.10 bits per heavy atom. The molecule has 0 saturated carbocycles. The third kappa shape index (κ3) is 3.01. The van der Waals surface area contributed by atoms with E-state index in [4.69, 9.17) is 4.74 Å². The summed E-state index contributed by atoms with van der Waals surface area (Å²) < 4.78 is 6.45. The minimum atomic E-state index is -1.18. The summed E-state index contributed by atoms with van der Waals surface area (Å²) in [4.78, 5) is 27.0. The first-order chi connectivity index (χ1) is 10.0. The molecule has 4 N–H and O–H groups in total. The Balaban J connectivity index is 2.45. The second-order valence-corrected chi connectivity index (χ2v) is 5.16. The molecule has 0 radical (unpaired) electrons. The fraction of sp³-hybridized carbons (Fsp3) is 0.500. The normalized spacial score (nSPS) is 29.3. The second kappa shape index (κ2) is 6.67. The predicted octanol–water partition coefficient (Wildman–Crippen LogP) is -1.24. The molecule has 0 spiro atoms. The summed E-state index contributed by atoms with van der Waals surface area (Å²) in [6.45, 7) is -0.791. The average molecular weight is 363 g/mol. The lowest BCUT2D eigenvalue weighted by molar-refractivity contribution is -0.0539. The molecule has 2 heterocycles. The molecular weight excluding hydrogens is 348 g/mol. The summed E-state index contributed by atoms with van der Waals surface area (Å²) in [5.41, 5.74) is -1.13. The molecule has 1 aliphatic rings. The molecule has 21 heavy (non-hydrogen) atoms. The minimum Gasteiger partial charge on any atom is -0.396 e. The van der Waals surface area contributed by atoms with Crippen LogP contribution in [0.25, 0.3) is 6.08 Å². The van der Waals surface area contributed by atoms with Crippen molar-refractivity contribution < 1.29 is 20.1 Å². The third-order valence-corrected chi connectivity index (χ3v) is 3.69. The van der Waals surface area contributed by atoms with E-state index in [1.165, 1.54) is 17.3 Å². The van der Waals surface area contributed by atoms with Crippen LogP contribution in [0, 0.1) is 5.92 Å². The van der Waals surface area contributed by atoms with Gasteiger partial charge in [0, 0.05) is 12.1 Å². The van der Waals surface area contributed by atoms with Crippen molar-refractivity contribution in [3.05, 3.63) is 37.6 Å². The topological polar surface area (TPSA) is 125 Å². The van der Waals surface area contributed by atoms with Crippen molar-refractivity contribution in [3.8, 4) is 0 Å². The number of aromatic amines is 1. The highest BCUT2D eigenvalue weighted by Crippen LogP contribution is 2.32. The Bertz CT molecular complexity index is 639. The Labute approximate surface area is 127 Å². The molecule has 1 fully saturated rings. The lowest BCUT2D eigenvalue weighted by Gasteiger charge is -2.18. The summed E-state index contributed by atoms with van der Waals surface area (Å²) in [7, 11) is 0. The maximum Gasteiger partial charge on any atom is 0.330 e. The summed E-state index contributed by atoms with van der Waals surface area (Å²) in [5.74, 6) is -0.714. The number of nitrogens with one attached hydrogen (secondary N) is 1. The van der Waals surface area contributed by atoms with Gasteiger partial charge in [-0.05, 0) is 11.1 Å². The van der Waals surface area contributed by atoms with Gasteiger partial charge in [-0.15, -0.1) is 0 Å². The number of ether oxygens (including phenoxy) is 1. The molecule has 4 atom stereocenters. The zero-order valence-corrected chi connectivity index (χ0v) is 12.4. The standard InChI is InChI=1S/C12H15BrN2O6/c13-2-1-6-3-15(12(20)14-10(6)19)11-9(18)7(4-16)8(5-17)21-11/h1-3,7-9,11,16-18H,4-5H2,(H,14,19,20)/t7-,8-,9+,11-/m1/s1. The fourth-order valence-electron chi connectivity index (χ4n) is 2.30. The van der Waals surface area contributed by atoms with Crippen molar-refractivity contribution in [1.29, 1.82) is 0 Å². The molecule has 116 valence electrons. The highest BCUT2D eigenvalue weighted by molar-refractivity contribution is 9.11. The van der Waals surface area contributed by atoms with Gasteiger partial charge in [0.2, 0.25) is 0 Å². The molecule has 0 unspecified atom stereocenters. The number of aromatic nitrogens is 2. The summed E-state index contributed by atoms with van der Waals surface area (Å²) in [6.07, 6.45) is -0.379. The summed E-state index contributed by atoms with van der Waals surface area (Å²) in [6, 6.07) is 0. The Hall–Kier alpha value is -1.26. The van der Waals surface area contributed by atoms with Gasteiger partial charge in [-0.1, -0.05) is 15.9 Å². The summed E-state index contributed by atoms with van der Waals surface area (Å²) in [5, 5.41) is 28.6. The van der Waals surface area contributed by atoms with E-state index < -0.39 is 48.8 Å². The first kappa shape index (κ1) is 16.1. The van der Waals surface area contributed by atoms with Gasteiger partial charge in [-0.2, -0.15) is 0 Å². The number of H-pyrrole nitrogens is 1. The Kier molecular flexibility index (Phi) is 5.12. The number of aliphatic hydroxyl groups excluding tert-OH is 3. The highest BCUT2D eigenvalue weighted by Gasteiger charge is 2.44. The number of halogens is 1. The Morgan fingerprint density at radius 3 is 2.62 bits per heavy atom. The molecule has 1 aliphatic heterocycles. The Morgan fingerprint density at radius 1 is 1.38 bits per heavy atom. The van der Waals surface area contributed by atoms with Crippen molar-refractivity contribution in [2.24, 2.45) is 5.92 Å². The van der Waals surface area contributed by atoms with E-state index in [1.54, 1.807) is 0 Å². The van der Waals surface area contributed by atoms with Gasteiger partial charge in [-0.3, -0.25) is 14.3 Å². The molecule has 1 aromatic heterocycles. The molecule has 1 saturated heterocycles. The van der Waals surface area contributed by atoms with Crippen LogP contribution < -0.4 is 11.2 Å². The van der Waals surface area contributed by atoms with Gasteiger partial charge in [0.15, 0.2) is 6.23 Å². The number of rotatable bonds is 4. The van der Waals surface area contributed by atoms with Crippen LogP contribution in [0.4, 0.5) is 0 Å². The maximum absolute atomic E-state index is 11.9. The van der Waals surface area contributed by atoms with Crippen LogP contribution in [0.3, 0.4) is 0 Å². The van der Waals surface area contributed by atoms with E-state index in [2.05, 4.69) is 20.9 Å². The summed E-state index contributed by atoms with van der Waals surface area (Å²) >= 11 is 3.03. The smallest absolute Gasteiger partial charge is 0.330 e. The maximum atomic E-state index is 11.9. The zero-order chi connectivity index (χ0) is 15.6. The van der Waals surface area contributed by atoms with E-state index in [0.717, 1.165) is 4.57 Å². The first-order valence-corrected chi connectivity index (χ1v) is 7.12. The van der Waals surface area contributed by atoms with Crippen LogP contribution in [0.15, 0.2) is 20.8 Å². The first-order valence-electron chi connectivity index (χ1n) is 6.21. The molecule has 2 rings (SSSR count). The van der Waals surface area contributed by atoms with Gasteiger partial charge < -0.3 is 20.1 Å². The minimum absolute atomic E-state index is 0.190. The van der Waals surface area contributed by atoms with Crippen LogP contribution >= 0.6 is 15.9 Å². The van der Waals surface area contributed by atoms with Crippen LogP contribution in [-0.4, -0.2) is 50.3 Å². The molecule has 0 bridgehead atoms. The van der Waals surface area contributed by atoms with Crippen molar-refractivity contribution in [1.82, 2.24) is 9.55 Å². The number of hydrogen-bond donors (Lipinski definition) is 4. The lowest BCUT2D eigenvalue weighted by atomic mass is 9.99. The van der Waals surface area contributed by atoms with Crippen molar-refractivity contribution in [3.63, 3.8) is 0 Å². The predicted molar refractivity (Wildman–Crippen MR) is 76.9 cm³/mol. The molecule has 0 aliphatic carbocycles. The van der Waals surface area contributed by atoms with E-state index in [9.17, 15) is 24.9 Å². The van der Waals surface area contributed by atoms with E-state index in [1.807, 2.05) is 0 Å². The molecular formula is C12H15BrN2O6. The molecule has 8 nitrogen and oxygen atoms in total. The molecule has 1 aromatic rings. The van der Waals surface area contributed by atoms with E-state index in [0.29, 0.717) is 0 Å².